The summed E-state index contributed by atoms with van der Waals surface area (Å²) in [6.07, 6.45) is -0.239. The third-order valence-electron chi connectivity index (χ3n) is 4.10. The number of rotatable bonds is 4. The zero-order chi connectivity index (χ0) is 16.9. The average molecular weight is 366 g/mol. The lowest BCUT2D eigenvalue weighted by atomic mass is 10.1. The number of aromatic nitrogens is 2. The Bertz CT molecular complexity index is 699. The van der Waals surface area contributed by atoms with Gasteiger partial charge in [0, 0.05) is 31.7 Å². The first-order chi connectivity index (χ1) is 11.7. The Morgan fingerprint density at radius 3 is 2.60 bits per heavy atom. The van der Waals surface area contributed by atoms with Crippen LogP contribution in [0.1, 0.15) is 18.4 Å². The quantitative estimate of drug-likeness (QED) is 0.715. The number of piperazine rings is 1. The van der Waals surface area contributed by atoms with Crippen molar-refractivity contribution in [3.05, 3.63) is 35.7 Å². The molecule has 2 aromatic rings. The van der Waals surface area contributed by atoms with Crippen LogP contribution in [0.2, 0.25) is 0 Å². The molecule has 1 fully saturated rings. The van der Waals surface area contributed by atoms with E-state index in [1.165, 1.54) is 0 Å². The maximum absolute atomic E-state index is 11.7. The van der Waals surface area contributed by atoms with E-state index in [0.717, 1.165) is 24.2 Å². The van der Waals surface area contributed by atoms with Crippen LogP contribution in [0.4, 0.5) is 4.79 Å². The van der Waals surface area contributed by atoms with Crippen molar-refractivity contribution in [2.45, 2.75) is 20.4 Å². The molecule has 1 aromatic heterocycles. The number of halogens is 1. The smallest absolute Gasteiger partial charge is 0.409 e. The second-order valence-electron chi connectivity index (χ2n) is 5.78. The number of nitrogens with zero attached hydrogens (tertiary/aromatic N) is 4. The molecule has 2 heterocycles. The van der Waals surface area contributed by atoms with Crippen molar-refractivity contribution in [3.63, 3.8) is 0 Å². The van der Waals surface area contributed by atoms with Gasteiger partial charge in [0.1, 0.15) is 0 Å². The highest BCUT2D eigenvalue weighted by molar-refractivity contribution is 5.67. The molecule has 7 nitrogen and oxygen atoms in total. The maximum atomic E-state index is 11.7. The minimum atomic E-state index is -0.239. The van der Waals surface area contributed by atoms with Crippen LogP contribution >= 0.6 is 0 Å². The summed E-state index contributed by atoms with van der Waals surface area (Å²) in [4.78, 5) is 15.6. The van der Waals surface area contributed by atoms with Gasteiger partial charge in [-0.3, -0.25) is 4.90 Å². The summed E-state index contributed by atoms with van der Waals surface area (Å²) < 4.78 is 10.8. The number of carbonyl (C=O) groups is 1. The molecule has 0 unspecified atom stereocenters. The van der Waals surface area contributed by atoms with E-state index in [1.807, 2.05) is 38.1 Å². The summed E-state index contributed by atoms with van der Waals surface area (Å²) in [7, 11) is 0. The number of amides is 1. The van der Waals surface area contributed by atoms with E-state index in [2.05, 4.69) is 15.1 Å². The molecule has 8 heteroatoms. The van der Waals surface area contributed by atoms with Gasteiger partial charge in [0.2, 0.25) is 11.8 Å². The molecular formula is C17H22ClN4O3-. The Morgan fingerprint density at radius 2 is 1.92 bits per heavy atom. The van der Waals surface area contributed by atoms with Gasteiger partial charge in [-0.25, -0.2) is 4.79 Å². The summed E-state index contributed by atoms with van der Waals surface area (Å²) in [6, 6.07) is 7.94. The van der Waals surface area contributed by atoms with Crippen molar-refractivity contribution in [2.24, 2.45) is 0 Å². The molecule has 0 spiro atoms. The van der Waals surface area contributed by atoms with Gasteiger partial charge in [0.05, 0.1) is 13.2 Å². The van der Waals surface area contributed by atoms with E-state index < -0.39 is 0 Å². The molecule has 1 aliphatic rings. The molecule has 3 rings (SSSR count). The van der Waals surface area contributed by atoms with Gasteiger partial charge in [-0.1, -0.05) is 18.2 Å². The Morgan fingerprint density at radius 1 is 1.20 bits per heavy atom. The standard InChI is InChI=1S/C17H22N4O3.ClH/c1-3-23-17(22)21-10-8-20(9-11-21)12-15-18-19-16(24-15)14-7-5-4-6-13(14)2;/h4-7H,3,8-12H2,1-2H3;1H/p-1. The first-order valence-corrected chi connectivity index (χ1v) is 8.20. The van der Waals surface area contributed by atoms with Crippen LogP contribution in [0.15, 0.2) is 28.7 Å². The number of hydrogen-bond donors (Lipinski definition) is 0. The molecule has 25 heavy (non-hydrogen) atoms. The molecule has 1 aromatic carbocycles. The van der Waals surface area contributed by atoms with E-state index >= 15 is 0 Å². The second-order valence-corrected chi connectivity index (χ2v) is 5.78. The lowest BCUT2D eigenvalue weighted by Gasteiger charge is -2.33. The Kier molecular flexibility index (Phi) is 6.78. The van der Waals surface area contributed by atoms with E-state index in [0.29, 0.717) is 38.0 Å². The van der Waals surface area contributed by atoms with Crippen LogP contribution in [0.25, 0.3) is 11.5 Å². The molecular weight excluding hydrogens is 344 g/mol. The predicted octanol–water partition coefficient (Wildman–Crippen LogP) is -0.677. The van der Waals surface area contributed by atoms with E-state index in [1.54, 1.807) is 4.90 Å². The molecule has 0 saturated carbocycles. The van der Waals surface area contributed by atoms with Gasteiger partial charge in [-0.2, -0.15) is 0 Å². The van der Waals surface area contributed by atoms with E-state index in [-0.39, 0.29) is 18.5 Å². The normalized spacial score (nSPS) is 14.9. The van der Waals surface area contributed by atoms with Crippen LogP contribution in [0, 0.1) is 6.92 Å². The number of hydrogen-bond acceptors (Lipinski definition) is 6. The fourth-order valence-electron chi connectivity index (χ4n) is 2.73. The fourth-order valence-corrected chi connectivity index (χ4v) is 2.73. The summed E-state index contributed by atoms with van der Waals surface area (Å²) in [5.74, 6) is 1.14. The molecule has 0 N–H and O–H groups in total. The van der Waals surface area contributed by atoms with Crippen molar-refractivity contribution in [1.29, 1.82) is 0 Å². The first-order valence-electron chi connectivity index (χ1n) is 8.20. The molecule has 1 aliphatic heterocycles. The zero-order valence-electron chi connectivity index (χ0n) is 14.4. The Labute approximate surface area is 153 Å². The van der Waals surface area contributed by atoms with Gasteiger partial charge >= 0.3 is 6.09 Å². The maximum Gasteiger partial charge on any atom is 0.409 e. The van der Waals surface area contributed by atoms with E-state index in [4.69, 9.17) is 9.15 Å². The Balaban J connectivity index is 0.00000225. The number of aryl methyl sites for hydroxylation is 1. The molecule has 1 saturated heterocycles. The van der Waals surface area contributed by atoms with Crippen LogP contribution in [-0.4, -0.2) is 58.9 Å². The minimum absolute atomic E-state index is 0. The van der Waals surface area contributed by atoms with Crippen LogP contribution < -0.4 is 12.4 Å². The zero-order valence-corrected chi connectivity index (χ0v) is 15.2. The third kappa shape index (κ3) is 4.70. The number of ether oxygens (including phenoxy) is 1. The molecule has 0 aliphatic carbocycles. The largest absolute Gasteiger partial charge is 1.00 e. The first kappa shape index (κ1) is 19.2. The van der Waals surface area contributed by atoms with Crippen LogP contribution in [-0.2, 0) is 11.3 Å². The predicted molar refractivity (Wildman–Crippen MR) is 88.3 cm³/mol. The van der Waals surface area contributed by atoms with E-state index in [9.17, 15) is 4.79 Å². The molecule has 136 valence electrons. The van der Waals surface area contributed by atoms with Gasteiger partial charge < -0.3 is 26.5 Å². The topological polar surface area (TPSA) is 71.7 Å². The lowest BCUT2D eigenvalue weighted by molar-refractivity contribution is -0.0000151. The van der Waals surface area contributed by atoms with Gasteiger partial charge in [-0.05, 0) is 25.5 Å². The van der Waals surface area contributed by atoms with Gasteiger partial charge in [-0.15, -0.1) is 10.2 Å². The summed E-state index contributed by atoms with van der Waals surface area (Å²) in [5.41, 5.74) is 2.07. The second kappa shape index (κ2) is 8.82. The summed E-state index contributed by atoms with van der Waals surface area (Å²) in [5, 5.41) is 8.30. The monoisotopic (exact) mass is 365 g/mol. The average Bonchev–Trinajstić information content (AvgIpc) is 3.04. The molecule has 0 radical (unpaired) electrons. The third-order valence-corrected chi connectivity index (χ3v) is 4.10. The van der Waals surface area contributed by atoms with Crippen molar-refractivity contribution in [2.75, 3.05) is 32.8 Å². The highest BCUT2D eigenvalue weighted by Crippen LogP contribution is 2.22. The van der Waals surface area contributed by atoms with Gasteiger partial charge in [0.15, 0.2) is 0 Å². The summed E-state index contributed by atoms with van der Waals surface area (Å²) in [6.45, 7) is 7.67. The fraction of sp³-hybridized carbons (Fsp3) is 0.471. The highest BCUT2D eigenvalue weighted by Gasteiger charge is 2.23. The molecule has 0 bridgehead atoms. The molecule has 0 atom stereocenters. The van der Waals surface area contributed by atoms with Crippen LogP contribution in [0.5, 0.6) is 0 Å². The summed E-state index contributed by atoms with van der Waals surface area (Å²) >= 11 is 0. The molecule has 1 amide bonds. The lowest BCUT2D eigenvalue weighted by Crippen LogP contribution is -3.00. The van der Waals surface area contributed by atoms with Gasteiger partial charge in [0.25, 0.3) is 0 Å². The van der Waals surface area contributed by atoms with Crippen molar-refractivity contribution >= 4 is 6.09 Å². The van der Waals surface area contributed by atoms with Crippen molar-refractivity contribution < 1.29 is 26.4 Å². The minimum Gasteiger partial charge on any atom is -1.00 e. The number of carbonyl (C=O) groups excluding carboxylic acids is 1. The van der Waals surface area contributed by atoms with Crippen LogP contribution in [0.3, 0.4) is 0 Å². The highest BCUT2D eigenvalue weighted by atomic mass is 35.5. The number of benzene rings is 1. The van der Waals surface area contributed by atoms with Crippen molar-refractivity contribution in [1.82, 2.24) is 20.0 Å². The van der Waals surface area contributed by atoms with Crippen molar-refractivity contribution in [3.8, 4) is 11.5 Å². The SMILES string of the molecule is CCOC(=O)N1CCN(Cc2nnc(-c3ccccc3C)o2)CC1.[Cl-]. The Hall–Kier alpha value is -2.12.